The van der Waals surface area contributed by atoms with E-state index in [0.29, 0.717) is 24.7 Å². The Kier molecular flexibility index (Phi) is 3.76. The predicted octanol–water partition coefficient (Wildman–Crippen LogP) is 1.71. The van der Waals surface area contributed by atoms with Crippen LogP contribution in [-0.4, -0.2) is 48.9 Å². The molecule has 0 radical (unpaired) electrons. The third kappa shape index (κ3) is 2.25. The van der Waals surface area contributed by atoms with E-state index in [1.807, 2.05) is 0 Å². The quantitative estimate of drug-likeness (QED) is 0.853. The summed E-state index contributed by atoms with van der Waals surface area (Å²) < 4.78 is 33.5. The molecule has 0 bridgehead atoms. The van der Waals surface area contributed by atoms with Crippen LogP contribution in [0, 0.1) is 5.92 Å². The van der Waals surface area contributed by atoms with Gasteiger partial charge in [0, 0.05) is 31.8 Å². The molecule has 0 amide bonds. The van der Waals surface area contributed by atoms with Crippen molar-refractivity contribution >= 4 is 37.9 Å². The van der Waals surface area contributed by atoms with E-state index in [1.165, 1.54) is 20.0 Å². The number of methoxy groups -OCH3 is 1. The molecule has 6 nitrogen and oxygen atoms in total. The Morgan fingerprint density at radius 1 is 1.60 bits per heavy atom. The molecule has 9 heteroatoms. The summed E-state index contributed by atoms with van der Waals surface area (Å²) in [6.45, 7) is 1.52. The van der Waals surface area contributed by atoms with E-state index in [9.17, 15) is 8.42 Å². The van der Waals surface area contributed by atoms with Crippen molar-refractivity contribution in [2.24, 2.45) is 5.92 Å². The lowest BCUT2D eigenvalue weighted by Gasteiger charge is -2.16. The van der Waals surface area contributed by atoms with Gasteiger partial charge in [-0.15, -0.1) is 11.3 Å². The average Bonchev–Trinajstić information content (AvgIpc) is 3.04. The van der Waals surface area contributed by atoms with Crippen LogP contribution in [0.25, 0.3) is 4.96 Å². The molecule has 0 spiro atoms. The van der Waals surface area contributed by atoms with Crippen molar-refractivity contribution in [3.8, 4) is 0 Å². The molecule has 3 rings (SSSR count). The van der Waals surface area contributed by atoms with Gasteiger partial charge in [-0.25, -0.2) is 13.4 Å². The van der Waals surface area contributed by atoms with E-state index < -0.39 is 10.0 Å². The third-order valence-electron chi connectivity index (χ3n) is 3.41. The van der Waals surface area contributed by atoms with Gasteiger partial charge in [-0.3, -0.25) is 4.40 Å². The number of nitrogens with zero attached hydrogens (tertiary/aromatic N) is 3. The minimum atomic E-state index is -3.62. The maximum Gasteiger partial charge on any atom is 0.262 e. The first-order chi connectivity index (χ1) is 9.54. The summed E-state index contributed by atoms with van der Waals surface area (Å²) in [5, 5.41) is 1.88. The maximum absolute atomic E-state index is 12.7. The summed E-state index contributed by atoms with van der Waals surface area (Å²) in [5.41, 5.74) is 0. The molecule has 20 heavy (non-hydrogen) atoms. The van der Waals surface area contributed by atoms with Gasteiger partial charge in [-0.05, 0) is 12.3 Å². The zero-order valence-corrected chi connectivity index (χ0v) is 13.2. The number of fused-ring (bicyclic) bond motifs is 1. The summed E-state index contributed by atoms with van der Waals surface area (Å²) in [6.07, 6.45) is 2.48. The molecule has 1 unspecified atom stereocenters. The molecule has 0 N–H and O–H groups in total. The standard InChI is InChI=1S/C11H14ClN3O3S2/c1-18-7-8-2-3-14(6-8)20(16,17)10-9(12)13-11-15(10)4-5-19-11/h4-5,8H,2-3,6-7H2,1H3. The Morgan fingerprint density at radius 2 is 2.40 bits per heavy atom. The lowest BCUT2D eigenvalue weighted by atomic mass is 10.1. The fourth-order valence-corrected chi connectivity index (χ4v) is 5.42. The molecule has 2 aromatic rings. The first-order valence-electron chi connectivity index (χ1n) is 6.14. The fraction of sp³-hybridized carbons (Fsp3) is 0.545. The summed E-state index contributed by atoms with van der Waals surface area (Å²) in [4.78, 5) is 4.67. The molecule has 1 aliphatic heterocycles. The van der Waals surface area contributed by atoms with Crippen molar-refractivity contribution in [2.45, 2.75) is 11.4 Å². The van der Waals surface area contributed by atoms with E-state index in [-0.39, 0.29) is 16.1 Å². The van der Waals surface area contributed by atoms with Crippen molar-refractivity contribution in [3.63, 3.8) is 0 Å². The summed E-state index contributed by atoms with van der Waals surface area (Å²) in [6, 6.07) is 0. The first kappa shape index (κ1) is 14.3. The van der Waals surface area contributed by atoms with Crippen LogP contribution in [0.3, 0.4) is 0 Å². The second-order valence-electron chi connectivity index (χ2n) is 4.74. The van der Waals surface area contributed by atoms with E-state index in [1.54, 1.807) is 18.7 Å². The van der Waals surface area contributed by atoms with Gasteiger partial charge in [0.25, 0.3) is 10.0 Å². The average molecular weight is 336 g/mol. The monoisotopic (exact) mass is 335 g/mol. The second-order valence-corrected chi connectivity index (χ2v) is 7.82. The molecule has 0 saturated carbocycles. The van der Waals surface area contributed by atoms with Gasteiger partial charge in [-0.1, -0.05) is 11.6 Å². The van der Waals surface area contributed by atoms with Crippen LogP contribution in [0.1, 0.15) is 6.42 Å². The number of rotatable bonds is 4. The normalized spacial score (nSPS) is 21.0. The van der Waals surface area contributed by atoms with Crippen LogP contribution in [0.2, 0.25) is 5.15 Å². The van der Waals surface area contributed by atoms with Crippen LogP contribution in [-0.2, 0) is 14.8 Å². The third-order valence-corrected chi connectivity index (χ3v) is 6.44. The number of hydrogen-bond acceptors (Lipinski definition) is 5. The van der Waals surface area contributed by atoms with E-state index in [0.717, 1.165) is 6.42 Å². The van der Waals surface area contributed by atoms with Crippen LogP contribution in [0.4, 0.5) is 0 Å². The zero-order chi connectivity index (χ0) is 14.3. The Balaban J connectivity index is 1.96. The maximum atomic E-state index is 12.7. The van der Waals surface area contributed by atoms with Crippen LogP contribution < -0.4 is 0 Å². The number of halogens is 1. The number of thiazole rings is 1. The Hall–Kier alpha value is -0.670. The Morgan fingerprint density at radius 3 is 3.15 bits per heavy atom. The highest BCUT2D eigenvalue weighted by Crippen LogP contribution is 2.30. The Bertz CT molecular complexity index is 724. The highest BCUT2D eigenvalue weighted by atomic mass is 35.5. The van der Waals surface area contributed by atoms with Crippen molar-refractivity contribution in [1.29, 1.82) is 0 Å². The lowest BCUT2D eigenvalue weighted by Crippen LogP contribution is -2.30. The highest BCUT2D eigenvalue weighted by molar-refractivity contribution is 7.89. The van der Waals surface area contributed by atoms with Gasteiger partial charge >= 0.3 is 0 Å². The van der Waals surface area contributed by atoms with Gasteiger partial charge in [-0.2, -0.15) is 4.31 Å². The van der Waals surface area contributed by atoms with Crippen molar-refractivity contribution < 1.29 is 13.2 Å². The highest BCUT2D eigenvalue weighted by Gasteiger charge is 2.36. The molecule has 1 fully saturated rings. The van der Waals surface area contributed by atoms with Gasteiger partial charge < -0.3 is 4.74 Å². The molecular weight excluding hydrogens is 322 g/mol. The van der Waals surface area contributed by atoms with E-state index in [2.05, 4.69) is 4.98 Å². The molecule has 1 atom stereocenters. The topological polar surface area (TPSA) is 63.9 Å². The molecule has 3 heterocycles. The van der Waals surface area contributed by atoms with Crippen molar-refractivity contribution in [3.05, 3.63) is 16.7 Å². The van der Waals surface area contributed by atoms with Crippen LogP contribution >= 0.6 is 22.9 Å². The lowest BCUT2D eigenvalue weighted by molar-refractivity contribution is 0.157. The van der Waals surface area contributed by atoms with Crippen molar-refractivity contribution in [1.82, 2.24) is 13.7 Å². The smallest absolute Gasteiger partial charge is 0.262 e. The van der Waals surface area contributed by atoms with Gasteiger partial charge in [0.15, 0.2) is 15.1 Å². The first-order valence-corrected chi connectivity index (χ1v) is 8.84. The molecular formula is C11H14ClN3O3S2. The summed E-state index contributed by atoms with van der Waals surface area (Å²) in [5.74, 6) is 0.236. The number of imidazole rings is 1. The molecule has 1 aliphatic rings. The summed E-state index contributed by atoms with van der Waals surface area (Å²) in [7, 11) is -2.00. The van der Waals surface area contributed by atoms with Gasteiger partial charge in [0.2, 0.25) is 0 Å². The minimum absolute atomic E-state index is 0.0343. The molecule has 1 saturated heterocycles. The fourth-order valence-electron chi connectivity index (χ4n) is 2.48. The van der Waals surface area contributed by atoms with Crippen LogP contribution in [0.15, 0.2) is 16.6 Å². The molecule has 0 aliphatic carbocycles. The number of ether oxygens (including phenoxy) is 1. The number of aromatic nitrogens is 2. The minimum Gasteiger partial charge on any atom is -0.384 e. The Labute approximate surface area is 126 Å². The van der Waals surface area contributed by atoms with E-state index in [4.69, 9.17) is 16.3 Å². The molecule has 110 valence electrons. The number of sulfonamides is 1. The number of hydrogen-bond donors (Lipinski definition) is 0. The van der Waals surface area contributed by atoms with Crippen LogP contribution in [0.5, 0.6) is 0 Å². The van der Waals surface area contributed by atoms with Gasteiger partial charge in [0.05, 0.1) is 6.61 Å². The molecule has 2 aromatic heterocycles. The zero-order valence-electron chi connectivity index (χ0n) is 10.8. The summed E-state index contributed by atoms with van der Waals surface area (Å²) >= 11 is 7.37. The predicted molar refractivity (Wildman–Crippen MR) is 76.8 cm³/mol. The molecule has 0 aromatic carbocycles. The van der Waals surface area contributed by atoms with Gasteiger partial charge in [0.1, 0.15) is 0 Å². The second kappa shape index (κ2) is 5.27. The van der Waals surface area contributed by atoms with Crippen molar-refractivity contribution in [2.75, 3.05) is 26.8 Å². The largest absolute Gasteiger partial charge is 0.384 e. The SMILES string of the molecule is COCC1CCN(S(=O)(=O)c2c(Cl)nc3sccn23)C1. The van der Waals surface area contributed by atoms with E-state index >= 15 is 0 Å².